The fourth-order valence-corrected chi connectivity index (χ4v) is 2.92. The van der Waals surface area contributed by atoms with E-state index in [1.54, 1.807) is 23.8 Å². The molecule has 1 amide bonds. The molecule has 21 heavy (non-hydrogen) atoms. The van der Waals surface area contributed by atoms with Crippen LogP contribution in [0, 0.1) is 6.92 Å². The van der Waals surface area contributed by atoms with Gasteiger partial charge in [-0.1, -0.05) is 11.6 Å². The van der Waals surface area contributed by atoms with Gasteiger partial charge >= 0.3 is 5.97 Å². The molecular weight excluding hydrogens is 314 g/mol. The van der Waals surface area contributed by atoms with Crippen LogP contribution in [0.2, 0.25) is 5.02 Å². The first-order chi connectivity index (χ1) is 9.81. The van der Waals surface area contributed by atoms with E-state index in [0.29, 0.717) is 16.4 Å². The Morgan fingerprint density at radius 3 is 2.71 bits per heavy atom. The number of anilines is 1. The van der Waals surface area contributed by atoms with E-state index in [0.717, 1.165) is 11.5 Å². The summed E-state index contributed by atoms with van der Waals surface area (Å²) in [7, 11) is 0. The van der Waals surface area contributed by atoms with E-state index in [1.165, 1.54) is 0 Å². The molecule has 0 radical (unpaired) electrons. The summed E-state index contributed by atoms with van der Waals surface area (Å²) < 4.78 is 5.69. The van der Waals surface area contributed by atoms with Crippen molar-refractivity contribution in [3.8, 4) is 0 Å². The number of carboxylic acids is 1. The third-order valence-electron chi connectivity index (χ3n) is 2.91. The zero-order valence-electron chi connectivity index (χ0n) is 11.7. The Balaban J connectivity index is 2.33. The maximum absolute atomic E-state index is 12.3. The van der Waals surface area contributed by atoms with Gasteiger partial charge in [0.05, 0.1) is 10.7 Å². The molecule has 0 spiro atoms. The maximum Gasteiger partial charge on any atom is 0.340 e. The smallest absolute Gasteiger partial charge is 0.340 e. The number of halogens is 1. The van der Waals surface area contributed by atoms with E-state index in [1.807, 2.05) is 13.8 Å². The van der Waals surface area contributed by atoms with E-state index in [4.69, 9.17) is 16.7 Å². The van der Waals surface area contributed by atoms with Gasteiger partial charge in [0.1, 0.15) is 16.3 Å². The Morgan fingerprint density at radius 1 is 1.48 bits per heavy atom. The molecule has 0 aliphatic heterocycles. The summed E-state index contributed by atoms with van der Waals surface area (Å²) >= 11 is 6.88. The van der Waals surface area contributed by atoms with Gasteiger partial charge in [-0.2, -0.15) is 4.37 Å². The van der Waals surface area contributed by atoms with Crippen LogP contribution in [0.5, 0.6) is 0 Å². The van der Waals surface area contributed by atoms with E-state index >= 15 is 0 Å². The lowest BCUT2D eigenvalue weighted by Gasteiger charge is -2.12. The zero-order valence-corrected chi connectivity index (χ0v) is 13.2. The number of aryl methyl sites for hydroxylation is 1. The van der Waals surface area contributed by atoms with Crippen LogP contribution in [0.1, 0.15) is 46.4 Å². The molecule has 6 nitrogen and oxygen atoms in total. The zero-order chi connectivity index (χ0) is 15.7. The lowest BCUT2D eigenvalue weighted by molar-refractivity contribution is 0.0697. The first-order valence-corrected chi connectivity index (χ1v) is 7.34. The first-order valence-electron chi connectivity index (χ1n) is 6.19. The number of rotatable bonds is 4. The van der Waals surface area contributed by atoms with E-state index in [2.05, 4.69) is 9.69 Å². The quantitative estimate of drug-likeness (QED) is 0.901. The van der Waals surface area contributed by atoms with Crippen molar-refractivity contribution in [2.75, 3.05) is 5.32 Å². The fourth-order valence-electron chi connectivity index (χ4n) is 1.93. The van der Waals surface area contributed by atoms with Crippen molar-refractivity contribution in [3.05, 3.63) is 34.2 Å². The molecular formula is C13H14ClN3O3S. The van der Waals surface area contributed by atoms with Crippen molar-refractivity contribution in [2.24, 2.45) is 0 Å². The number of nitrogens with zero attached hydrogens (tertiary/aromatic N) is 2. The molecule has 0 aromatic carbocycles. The largest absolute Gasteiger partial charge is 0.478 e. The molecule has 0 unspecified atom stereocenters. The van der Waals surface area contributed by atoms with Crippen molar-refractivity contribution < 1.29 is 14.7 Å². The molecule has 8 heteroatoms. The highest BCUT2D eigenvalue weighted by Gasteiger charge is 2.22. The monoisotopic (exact) mass is 327 g/mol. The van der Waals surface area contributed by atoms with Crippen LogP contribution in [0.25, 0.3) is 0 Å². The predicted molar refractivity (Wildman–Crippen MR) is 81.6 cm³/mol. The van der Waals surface area contributed by atoms with E-state index < -0.39 is 11.9 Å². The van der Waals surface area contributed by atoms with Gasteiger partial charge in [-0.3, -0.25) is 4.79 Å². The molecule has 112 valence electrons. The van der Waals surface area contributed by atoms with Crippen molar-refractivity contribution in [3.63, 3.8) is 0 Å². The number of amides is 1. The average molecular weight is 328 g/mol. The molecule has 2 rings (SSSR count). The van der Waals surface area contributed by atoms with Crippen molar-refractivity contribution in [1.29, 1.82) is 0 Å². The summed E-state index contributed by atoms with van der Waals surface area (Å²) in [6.07, 6.45) is 1.66. The van der Waals surface area contributed by atoms with Crippen molar-refractivity contribution in [2.45, 2.75) is 26.8 Å². The van der Waals surface area contributed by atoms with E-state index in [-0.39, 0.29) is 16.6 Å². The Morgan fingerprint density at radius 2 is 2.14 bits per heavy atom. The number of hydrogen-bond donors (Lipinski definition) is 2. The standard InChI is InChI=1S/C13H14ClN3O3S/c1-6(2)17-5-8(14)4-9(17)11(18)15-12-10(13(19)20)7(3)16-21-12/h4-6H,1-3H3,(H,15,18)(H,19,20). The molecule has 0 saturated carbocycles. The molecule has 0 aliphatic rings. The number of aromatic carboxylic acids is 1. The summed E-state index contributed by atoms with van der Waals surface area (Å²) in [5.41, 5.74) is 0.763. The van der Waals surface area contributed by atoms with E-state index in [9.17, 15) is 9.59 Å². The van der Waals surface area contributed by atoms with Gasteiger partial charge in [0.15, 0.2) is 0 Å². The molecule has 0 atom stereocenters. The molecule has 0 fully saturated rings. The second-order valence-corrected chi connectivity index (χ2v) is 5.99. The Kier molecular flexibility index (Phi) is 4.34. The topological polar surface area (TPSA) is 84.2 Å². The van der Waals surface area contributed by atoms with Crippen LogP contribution in [-0.4, -0.2) is 25.9 Å². The van der Waals surface area contributed by atoms with Gasteiger partial charge in [-0.05, 0) is 38.4 Å². The second-order valence-electron chi connectivity index (χ2n) is 4.78. The fraction of sp³-hybridized carbons (Fsp3) is 0.308. The second kappa shape index (κ2) is 5.87. The summed E-state index contributed by atoms with van der Waals surface area (Å²) in [4.78, 5) is 23.5. The highest BCUT2D eigenvalue weighted by molar-refractivity contribution is 7.11. The van der Waals surface area contributed by atoms with Crippen molar-refractivity contribution >= 4 is 40.0 Å². The van der Waals surface area contributed by atoms with Crippen LogP contribution < -0.4 is 5.32 Å². The van der Waals surface area contributed by atoms with Gasteiger partial charge < -0.3 is 15.0 Å². The number of nitrogens with one attached hydrogen (secondary N) is 1. The Labute approximate surface area is 130 Å². The predicted octanol–water partition coefficient (Wildman–Crippen LogP) is 3.44. The van der Waals surface area contributed by atoms with Crippen LogP contribution in [0.3, 0.4) is 0 Å². The number of carbonyl (C=O) groups excluding carboxylic acids is 1. The highest BCUT2D eigenvalue weighted by Crippen LogP contribution is 2.26. The van der Waals surface area contributed by atoms with Crippen LogP contribution >= 0.6 is 23.1 Å². The van der Waals surface area contributed by atoms with Gasteiger partial charge in [0, 0.05) is 12.2 Å². The van der Waals surface area contributed by atoms with Gasteiger partial charge in [-0.15, -0.1) is 0 Å². The minimum absolute atomic E-state index is 0.0158. The molecule has 0 bridgehead atoms. The molecule has 0 saturated heterocycles. The normalized spacial score (nSPS) is 10.9. The number of hydrogen-bond acceptors (Lipinski definition) is 4. The number of carboxylic acid groups (broad SMARTS) is 1. The number of aromatic nitrogens is 2. The SMILES string of the molecule is Cc1nsc(NC(=O)c2cc(Cl)cn2C(C)C)c1C(=O)O. The first kappa shape index (κ1) is 15.5. The summed E-state index contributed by atoms with van der Waals surface area (Å²) in [6, 6.07) is 1.60. The highest BCUT2D eigenvalue weighted by atomic mass is 35.5. The van der Waals surface area contributed by atoms with Crippen molar-refractivity contribution in [1.82, 2.24) is 8.94 Å². The minimum atomic E-state index is -1.12. The lowest BCUT2D eigenvalue weighted by atomic mass is 10.2. The summed E-state index contributed by atoms with van der Waals surface area (Å²) in [5.74, 6) is -1.53. The molecule has 2 N–H and O–H groups in total. The Hall–Kier alpha value is -1.86. The van der Waals surface area contributed by atoms with Gasteiger partial charge in [-0.25, -0.2) is 4.79 Å². The van der Waals surface area contributed by atoms with Gasteiger partial charge in [0.25, 0.3) is 5.91 Å². The van der Waals surface area contributed by atoms with Crippen LogP contribution in [-0.2, 0) is 0 Å². The number of carbonyl (C=O) groups is 2. The maximum atomic E-state index is 12.3. The minimum Gasteiger partial charge on any atom is -0.478 e. The average Bonchev–Trinajstić information content (AvgIpc) is 2.93. The third kappa shape index (κ3) is 3.08. The lowest BCUT2D eigenvalue weighted by Crippen LogP contribution is -2.18. The van der Waals surface area contributed by atoms with Crippen LogP contribution in [0.15, 0.2) is 12.3 Å². The summed E-state index contributed by atoms with van der Waals surface area (Å²) in [5, 5.41) is 12.4. The van der Waals surface area contributed by atoms with Crippen LogP contribution in [0.4, 0.5) is 5.00 Å². The third-order valence-corrected chi connectivity index (χ3v) is 3.97. The van der Waals surface area contributed by atoms with Gasteiger partial charge in [0.2, 0.25) is 0 Å². The molecule has 0 aliphatic carbocycles. The molecule has 2 aromatic heterocycles. The molecule has 2 heterocycles. The molecule has 2 aromatic rings. The summed E-state index contributed by atoms with van der Waals surface area (Å²) in [6.45, 7) is 5.43. The Bertz CT molecular complexity index is 706.